The number of rotatable bonds is 20. The Morgan fingerprint density at radius 2 is 0.920 bits per heavy atom. The summed E-state index contributed by atoms with van der Waals surface area (Å²) in [4.78, 5) is 11.3. The Morgan fingerprint density at radius 1 is 0.600 bits per heavy atom. The molecule has 0 atom stereocenters. The van der Waals surface area contributed by atoms with Gasteiger partial charge in [-0.05, 0) is 13.3 Å². The quantitative estimate of drug-likeness (QED) is 0.200. The van der Waals surface area contributed by atoms with Gasteiger partial charge in [-0.1, -0.05) is 128 Å². The zero-order valence-corrected chi connectivity index (χ0v) is 18.0. The number of hydrogen-bond donors (Lipinski definition) is 0. The van der Waals surface area contributed by atoms with E-state index in [1.165, 1.54) is 121 Å². The van der Waals surface area contributed by atoms with Crippen molar-refractivity contribution in [3.8, 4) is 0 Å². The molecule has 149 valence electrons. The summed E-state index contributed by atoms with van der Waals surface area (Å²) >= 11 is 1.37. The fourth-order valence-corrected chi connectivity index (χ4v) is 3.87. The van der Waals surface area contributed by atoms with Crippen LogP contribution in [0.1, 0.15) is 129 Å². The number of carbonyl (C=O) groups excluding carboxylic acids is 1. The molecule has 0 saturated carbocycles. The van der Waals surface area contributed by atoms with Crippen LogP contribution in [-0.2, 0) is 4.79 Å². The Morgan fingerprint density at radius 3 is 1.24 bits per heavy atom. The van der Waals surface area contributed by atoms with Gasteiger partial charge in [0.15, 0.2) is 5.12 Å². The van der Waals surface area contributed by atoms with Crippen LogP contribution < -0.4 is 0 Å². The number of hydrogen-bond acceptors (Lipinski definition) is 2. The van der Waals surface area contributed by atoms with Crippen molar-refractivity contribution in [2.45, 2.75) is 129 Å². The lowest BCUT2D eigenvalue weighted by Gasteiger charge is -2.04. The molecular weight excluding hydrogens is 324 g/mol. The summed E-state index contributed by atoms with van der Waals surface area (Å²) in [5.41, 5.74) is 0. The number of unbranched alkanes of at least 4 members (excludes halogenated alkanes) is 17. The SMILES string of the molecule is [CH2]CSC(=O)CCCCCCCCCCCCCCCCCCCC. The summed E-state index contributed by atoms with van der Waals surface area (Å²) in [5, 5.41) is 0.325. The summed E-state index contributed by atoms with van der Waals surface area (Å²) in [5.74, 6) is 0.678. The minimum atomic E-state index is 0.325. The topological polar surface area (TPSA) is 17.1 Å². The van der Waals surface area contributed by atoms with Crippen molar-refractivity contribution in [2.75, 3.05) is 5.75 Å². The van der Waals surface area contributed by atoms with Gasteiger partial charge >= 0.3 is 0 Å². The first-order chi connectivity index (χ1) is 12.3. The van der Waals surface area contributed by atoms with E-state index >= 15 is 0 Å². The van der Waals surface area contributed by atoms with E-state index in [1.807, 2.05) is 0 Å². The highest BCUT2D eigenvalue weighted by atomic mass is 32.2. The van der Waals surface area contributed by atoms with Gasteiger partial charge in [0.05, 0.1) is 0 Å². The average molecular weight is 370 g/mol. The molecule has 0 aliphatic heterocycles. The van der Waals surface area contributed by atoms with Crippen molar-refractivity contribution in [1.82, 2.24) is 0 Å². The van der Waals surface area contributed by atoms with Gasteiger partial charge in [0, 0.05) is 12.2 Å². The Hall–Kier alpha value is 0.0200. The molecule has 0 aromatic heterocycles. The molecule has 0 rings (SSSR count). The smallest absolute Gasteiger partial charge is 0.188 e. The maximum atomic E-state index is 11.3. The predicted octanol–water partition coefficient (Wildman–Crippen LogP) is 8.51. The normalized spacial score (nSPS) is 11.1. The van der Waals surface area contributed by atoms with Crippen LogP contribution in [0.2, 0.25) is 0 Å². The highest BCUT2D eigenvalue weighted by Crippen LogP contribution is 2.15. The van der Waals surface area contributed by atoms with Gasteiger partial charge in [-0.3, -0.25) is 4.79 Å². The van der Waals surface area contributed by atoms with Crippen molar-refractivity contribution in [3.05, 3.63) is 6.92 Å². The molecule has 2 heteroatoms. The number of thioether (sulfide) groups is 1. The summed E-state index contributed by atoms with van der Waals surface area (Å²) in [6, 6.07) is 0. The van der Waals surface area contributed by atoms with E-state index in [1.54, 1.807) is 0 Å². The highest BCUT2D eigenvalue weighted by Gasteiger charge is 2.00. The van der Waals surface area contributed by atoms with Gasteiger partial charge in [0.1, 0.15) is 0 Å². The van der Waals surface area contributed by atoms with Crippen LogP contribution in [0.3, 0.4) is 0 Å². The molecular formula is C23H45OS. The minimum Gasteiger partial charge on any atom is -0.287 e. The molecule has 0 aliphatic carbocycles. The van der Waals surface area contributed by atoms with E-state index < -0.39 is 0 Å². The third kappa shape index (κ3) is 22.0. The molecule has 0 saturated heterocycles. The molecule has 0 unspecified atom stereocenters. The largest absolute Gasteiger partial charge is 0.287 e. The first-order valence-electron chi connectivity index (χ1n) is 11.3. The summed E-state index contributed by atoms with van der Waals surface area (Å²) < 4.78 is 0. The van der Waals surface area contributed by atoms with Crippen molar-refractivity contribution in [1.29, 1.82) is 0 Å². The van der Waals surface area contributed by atoms with Gasteiger partial charge in [0.25, 0.3) is 0 Å². The monoisotopic (exact) mass is 369 g/mol. The first kappa shape index (κ1) is 25.0. The van der Waals surface area contributed by atoms with E-state index in [0.717, 1.165) is 12.8 Å². The Balaban J connectivity index is 3.02. The summed E-state index contributed by atoms with van der Waals surface area (Å²) in [6.45, 7) is 5.99. The van der Waals surface area contributed by atoms with Crippen LogP contribution in [-0.4, -0.2) is 10.9 Å². The zero-order chi connectivity index (χ0) is 18.4. The van der Waals surface area contributed by atoms with E-state index in [0.29, 0.717) is 10.9 Å². The maximum Gasteiger partial charge on any atom is 0.188 e. The van der Waals surface area contributed by atoms with Gasteiger partial charge in [0.2, 0.25) is 0 Å². The number of carbonyl (C=O) groups is 1. The molecule has 0 aromatic carbocycles. The first-order valence-corrected chi connectivity index (χ1v) is 12.2. The molecule has 25 heavy (non-hydrogen) atoms. The van der Waals surface area contributed by atoms with Gasteiger partial charge < -0.3 is 0 Å². The van der Waals surface area contributed by atoms with Crippen molar-refractivity contribution in [2.24, 2.45) is 0 Å². The lowest BCUT2D eigenvalue weighted by molar-refractivity contribution is -0.111. The third-order valence-electron chi connectivity index (χ3n) is 5.00. The van der Waals surface area contributed by atoms with Crippen molar-refractivity contribution < 1.29 is 4.79 Å². The van der Waals surface area contributed by atoms with E-state index in [4.69, 9.17) is 0 Å². The molecule has 0 fully saturated rings. The van der Waals surface area contributed by atoms with E-state index in [2.05, 4.69) is 13.8 Å². The van der Waals surface area contributed by atoms with Crippen LogP contribution in [0.15, 0.2) is 0 Å². The second-order valence-corrected chi connectivity index (χ2v) is 8.63. The molecule has 1 nitrogen and oxygen atoms in total. The Kier molecular flexibility index (Phi) is 22.1. The predicted molar refractivity (Wildman–Crippen MR) is 116 cm³/mol. The minimum absolute atomic E-state index is 0.325. The fraction of sp³-hybridized carbons (Fsp3) is 0.913. The molecule has 0 aliphatic rings. The third-order valence-corrected chi connectivity index (χ3v) is 5.73. The van der Waals surface area contributed by atoms with E-state index in [9.17, 15) is 4.79 Å². The van der Waals surface area contributed by atoms with Crippen LogP contribution in [0.4, 0.5) is 0 Å². The zero-order valence-electron chi connectivity index (χ0n) is 17.2. The average Bonchev–Trinajstić information content (AvgIpc) is 2.61. The van der Waals surface area contributed by atoms with Crippen molar-refractivity contribution >= 4 is 16.9 Å². The fourth-order valence-electron chi connectivity index (χ4n) is 3.36. The highest BCUT2D eigenvalue weighted by molar-refractivity contribution is 8.13. The molecule has 0 aromatic rings. The standard InChI is InChI=1S/C23H45OS/c1-3-5-6-7-8-9-10-11-12-13-14-15-16-17-18-19-20-21-22-23(24)25-4-2/h2-22H2,1H3. The van der Waals surface area contributed by atoms with Crippen LogP contribution in [0.5, 0.6) is 0 Å². The van der Waals surface area contributed by atoms with Crippen LogP contribution in [0.25, 0.3) is 0 Å². The summed E-state index contributed by atoms with van der Waals surface area (Å²) in [7, 11) is 0. The molecule has 0 bridgehead atoms. The maximum absolute atomic E-state index is 11.3. The van der Waals surface area contributed by atoms with Crippen LogP contribution >= 0.6 is 11.8 Å². The van der Waals surface area contributed by atoms with Crippen molar-refractivity contribution in [3.63, 3.8) is 0 Å². The van der Waals surface area contributed by atoms with E-state index in [-0.39, 0.29) is 0 Å². The Labute approximate surface area is 163 Å². The molecule has 0 N–H and O–H groups in total. The second kappa shape index (κ2) is 22.1. The Bertz CT molecular complexity index is 265. The van der Waals surface area contributed by atoms with Gasteiger partial charge in [-0.2, -0.15) is 0 Å². The van der Waals surface area contributed by atoms with Gasteiger partial charge in [-0.25, -0.2) is 0 Å². The van der Waals surface area contributed by atoms with Crippen LogP contribution in [0, 0.1) is 6.92 Å². The molecule has 0 heterocycles. The molecule has 0 amide bonds. The molecule has 1 radical (unpaired) electrons. The second-order valence-electron chi connectivity index (χ2n) is 7.48. The molecule has 0 spiro atoms. The van der Waals surface area contributed by atoms with Gasteiger partial charge in [-0.15, -0.1) is 0 Å². The lowest BCUT2D eigenvalue weighted by atomic mass is 10.0. The lowest BCUT2D eigenvalue weighted by Crippen LogP contribution is -1.92. The summed E-state index contributed by atoms with van der Waals surface area (Å²) in [6.07, 6.45) is 25.8.